The van der Waals surface area contributed by atoms with E-state index in [9.17, 15) is 9.59 Å². The fourth-order valence-electron chi connectivity index (χ4n) is 3.57. The Morgan fingerprint density at radius 2 is 1.06 bits per heavy atom. The van der Waals surface area contributed by atoms with Crippen molar-refractivity contribution in [2.75, 3.05) is 27.4 Å². The van der Waals surface area contributed by atoms with E-state index in [2.05, 4.69) is 52.2 Å². The molecule has 0 amide bonds. The predicted octanol–water partition coefficient (Wildman–Crippen LogP) is 4.18. The summed E-state index contributed by atoms with van der Waals surface area (Å²) >= 11 is 0. The van der Waals surface area contributed by atoms with Gasteiger partial charge in [0.25, 0.3) is 0 Å². The molecule has 0 heterocycles. The van der Waals surface area contributed by atoms with E-state index in [1.165, 1.54) is 0 Å². The molecular weight excluding hydrogens is 487 g/mol. The monoisotopic (exact) mass is 526 g/mol. The van der Waals surface area contributed by atoms with Gasteiger partial charge in [-0.15, -0.1) is 0 Å². The van der Waals surface area contributed by atoms with Gasteiger partial charge >= 0.3 is 0 Å². The van der Waals surface area contributed by atoms with Crippen molar-refractivity contribution < 1.29 is 35.6 Å². The average Bonchev–Trinajstić information content (AvgIpc) is 2.74. The third-order valence-corrected chi connectivity index (χ3v) is 5.84. The first-order valence-electron chi connectivity index (χ1n) is 11.7. The maximum Gasteiger partial charge on any atom is 0.187 e. The molecule has 2 aliphatic carbocycles. The van der Waals surface area contributed by atoms with Crippen LogP contribution in [0, 0.1) is 10.8 Å². The topological polar surface area (TPSA) is 76.7 Å². The van der Waals surface area contributed by atoms with Gasteiger partial charge in [0.15, 0.2) is 11.6 Å². The molecule has 6 nitrogen and oxygen atoms in total. The van der Waals surface area contributed by atoms with Crippen LogP contribution in [0.3, 0.4) is 0 Å². The fraction of sp³-hybridized carbons (Fsp3) is 0.500. The molecule has 0 fully saturated rings. The number of allylic oxidation sites excluding steroid dienone is 10. The van der Waals surface area contributed by atoms with Crippen LogP contribution in [0.5, 0.6) is 0 Å². The van der Waals surface area contributed by atoms with Gasteiger partial charge in [0, 0.05) is 54.3 Å². The van der Waals surface area contributed by atoms with Gasteiger partial charge < -0.3 is 20.1 Å². The van der Waals surface area contributed by atoms with E-state index >= 15 is 0 Å². The Labute approximate surface area is 220 Å². The van der Waals surface area contributed by atoms with E-state index in [1.54, 1.807) is 38.8 Å². The second-order valence-corrected chi connectivity index (χ2v) is 10.8. The summed E-state index contributed by atoms with van der Waals surface area (Å²) in [4.78, 5) is 24.9. The molecule has 0 saturated carbocycles. The minimum atomic E-state index is -0.209. The number of hydrogen-bond acceptors (Lipinski definition) is 6. The van der Waals surface area contributed by atoms with Crippen molar-refractivity contribution in [1.29, 1.82) is 0 Å². The Bertz CT molecular complexity index is 878. The van der Waals surface area contributed by atoms with Crippen molar-refractivity contribution in [3.05, 3.63) is 71.1 Å². The smallest absolute Gasteiger partial charge is 0.187 e. The van der Waals surface area contributed by atoms with E-state index in [0.717, 1.165) is 11.1 Å². The van der Waals surface area contributed by atoms with Crippen molar-refractivity contribution >= 4 is 11.6 Å². The zero-order valence-electron chi connectivity index (χ0n) is 22.1. The van der Waals surface area contributed by atoms with Crippen LogP contribution < -0.4 is 10.6 Å². The molecule has 0 radical (unpaired) electrons. The van der Waals surface area contributed by atoms with Crippen LogP contribution in [0.1, 0.15) is 41.5 Å². The first-order chi connectivity index (χ1) is 15.9. The molecule has 0 aromatic rings. The molecule has 2 atom stereocenters. The summed E-state index contributed by atoms with van der Waals surface area (Å²) in [5.41, 5.74) is 3.24. The van der Waals surface area contributed by atoms with E-state index in [0.29, 0.717) is 24.4 Å². The van der Waals surface area contributed by atoms with Crippen LogP contribution in [0.2, 0.25) is 0 Å². The third kappa shape index (κ3) is 9.07. The number of nitrogens with one attached hydrogen (secondary N) is 2. The average molecular weight is 527 g/mol. The van der Waals surface area contributed by atoms with Gasteiger partial charge in [-0.3, -0.25) is 9.59 Å². The number of carbonyl (C=O) groups excluding carboxylic acids is 2. The summed E-state index contributed by atoms with van der Waals surface area (Å²) in [6.07, 6.45) is 14.3. The van der Waals surface area contributed by atoms with Crippen LogP contribution in [0.25, 0.3) is 0 Å². The molecule has 0 spiro atoms. The Balaban J connectivity index is 0.00000612. The summed E-state index contributed by atoms with van der Waals surface area (Å²) in [6, 6.07) is -0.417. The van der Waals surface area contributed by atoms with Gasteiger partial charge in [-0.1, -0.05) is 53.7 Å². The molecule has 0 bridgehead atoms. The summed E-state index contributed by atoms with van der Waals surface area (Å²) in [5.74, 6) is -0.0936. The van der Waals surface area contributed by atoms with Crippen LogP contribution >= 0.6 is 0 Å². The molecule has 0 aliphatic heterocycles. The second-order valence-electron chi connectivity index (χ2n) is 10.8. The maximum atomic E-state index is 12.4. The zero-order valence-corrected chi connectivity index (χ0v) is 23.1. The molecule has 0 saturated heterocycles. The summed E-state index contributed by atoms with van der Waals surface area (Å²) in [7, 11) is 3.26. The molecule has 0 aromatic heterocycles. The molecule has 2 rings (SSSR count). The predicted molar refractivity (Wildman–Crippen MR) is 137 cm³/mol. The van der Waals surface area contributed by atoms with Gasteiger partial charge in [0.2, 0.25) is 0 Å². The van der Waals surface area contributed by atoms with Crippen LogP contribution in [0.4, 0.5) is 0 Å². The third-order valence-electron chi connectivity index (χ3n) is 5.84. The zero-order chi connectivity index (χ0) is 25.5. The number of hydrogen-bond donors (Lipinski definition) is 2. The Hall–Kier alpha value is -2.21. The Kier molecular flexibility index (Phi) is 11.6. The molecule has 7 heteroatoms. The van der Waals surface area contributed by atoms with Gasteiger partial charge in [0.1, 0.15) is 0 Å². The maximum absolute atomic E-state index is 12.4. The molecule has 2 N–H and O–H groups in total. The number of methoxy groups -OCH3 is 2. The van der Waals surface area contributed by atoms with Crippen molar-refractivity contribution in [2.45, 2.75) is 53.6 Å². The normalized spacial score (nSPS) is 20.3. The minimum absolute atomic E-state index is 0. The molecule has 2 aliphatic rings. The van der Waals surface area contributed by atoms with Gasteiger partial charge in [-0.25, -0.2) is 0 Å². The van der Waals surface area contributed by atoms with Crippen molar-refractivity contribution in [2.24, 2.45) is 10.8 Å². The van der Waals surface area contributed by atoms with Gasteiger partial charge in [-0.05, 0) is 46.3 Å². The van der Waals surface area contributed by atoms with E-state index in [1.807, 2.05) is 24.3 Å². The van der Waals surface area contributed by atoms with E-state index in [-0.39, 0.29) is 51.0 Å². The number of rotatable bonds is 9. The first-order valence-corrected chi connectivity index (χ1v) is 11.7. The molecular formula is C28H40N2NiO4. The Morgan fingerprint density at radius 1 is 0.714 bits per heavy atom. The number of carbonyl (C=O) groups is 2. The quantitative estimate of drug-likeness (QED) is 0.346. The van der Waals surface area contributed by atoms with Crippen LogP contribution in [-0.4, -0.2) is 51.1 Å². The van der Waals surface area contributed by atoms with E-state index < -0.39 is 0 Å². The van der Waals surface area contributed by atoms with Gasteiger partial charge in [-0.2, -0.15) is 0 Å². The van der Waals surface area contributed by atoms with Crippen molar-refractivity contribution in [3.63, 3.8) is 0 Å². The van der Waals surface area contributed by atoms with Crippen molar-refractivity contribution in [3.8, 4) is 0 Å². The number of ketones is 2. The molecule has 0 unspecified atom stereocenters. The standard InChI is InChI=1S/C28H40N2O4.Ni/c1-27(2,3)21-9-11-25(31)19(13-21)15-29-23(17-33-7)24(18-34-8)30-16-20-14-22(28(4,5)6)10-12-26(20)32;/h9-16,23-24,29-30H,17-18H2,1-8H3;/b19-15-,20-16-;/t23-,24-;/m1./s1. The van der Waals surface area contributed by atoms with Gasteiger partial charge in [0.05, 0.1) is 25.3 Å². The molecule has 196 valence electrons. The minimum Gasteiger partial charge on any atom is -0.383 e. The molecule has 35 heavy (non-hydrogen) atoms. The van der Waals surface area contributed by atoms with E-state index in [4.69, 9.17) is 9.47 Å². The van der Waals surface area contributed by atoms with Crippen LogP contribution in [-0.2, 0) is 35.6 Å². The fourth-order valence-corrected chi connectivity index (χ4v) is 3.57. The SMILES string of the molecule is COC[C@@H](N/C=C1/C=C(C(C)(C)C)C=CC1=O)[C@@H](COC)N/C=C1/C=C(C(C)(C)C)C=CC1=O.[Ni]. The number of ether oxygens (including phenoxy) is 2. The first kappa shape index (κ1) is 30.8. The largest absolute Gasteiger partial charge is 0.383 e. The Morgan fingerprint density at radius 3 is 1.34 bits per heavy atom. The second kappa shape index (κ2) is 13.2. The van der Waals surface area contributed by atoms with Crippen LogP contribution in [0.15, 0.2) is 71.1 Å². The summed E-state index contributed by atoms with van der Waals surface area (Å²) < 4.78 is 10.9. The molecule has 0 aromatic carbocycles. The summed E-state index contributed by atoms with van der Waals surface area (Å²) in [6.45, 7) is 13.5. The van der Waals surface area contributed by atoms with Crippen molar-refractivity contribution in [1.82, 2.24) is 10.6 Å². The summed E-state index contributed by atoms with van der Waals surface area (Å²) in [5, 5.41) is 6.67.